The van der Waals surface area contributed by atoms with Crippen LogP contribution in [0, 0.1) is 17.2 Å². The Kier molecular flexibility index (Phi) is 5.65. The molecule has 0 heterocycles. The number of hydrogen-bond acceptors (Lipinski definition) is 3. The average molecular weight is 295 g/mol. The molecule has 0 aliphatic heterocycles. The summed E-state index contributed by atoms with van der Waals surface area (Å²) in [6, 6.07) is 5.90. The fourth-order valence-electron chi connectivity index (χ4n) is 1.73. The van der Waals surface area contributed by atoms with Crippen molar-refractivity contribution in [2.45, 2.75) is 26.7 Å². The average Bonchev–Trinajstić information content (AvgIpc) is 2.41. The van der Waals surface area contributed by atoms with Crippen molar-refractivity contribution in [3.63, 3.8) is 0 Å². The molecule has 21 heavy (non-hydrogen) atoms. The Morgan fingerprint density at radius 1 is 1.38 bits per heavy atom. The van der Waals surface area contributed by atoms with Gasteiger partial charge in [0.15, 0.2) is 0 Å². The molecule has 114 valence electrons. The molecule has 1 aromatic carbocycles. The van der Waals surface area contributed by atoms with Crippen molar-refractivity contribution in [2.24, 2.45) is 5.92 Å². The number of carbonyl (C=O) groups is 1. The number of hydrogen-bond donors (Lipinski definition) is 2. The first kappa shape index (κ1) is 16.9. The Morgan fingerprint density at radius 2 is 2.05 bits per heavy atom. The Bertz CT molecular complexity index is 545. The highest BCUT2D eigenvalue weighted by Gasteiger charge is 2.27. The molecule has 0 fully saturated rings. The van der Waals surface area contributed by atoms with Crippen molar-refractivity contribution in [1.82, 2.24) is 5.32 Å². The van der Waals surface area contributed by atoms with Crippen LogP contribution in [0.5, 0.6) is 0 Å². The zero-order valence-corrected chi connectivity index (χ0v) is 12.3. The van der Waals surface area contributed by atoms with Crippen molar-refractivity contribution in [3.8, 4) is 6.07 Å². The summed E-state index contributed by atoms with van der Waals surface area (Å²) in [6.45, 7) is 5.23. The predicted molar refractivity (Wildman–Crippen MR) is 77.1 cm³/mol. The highest BCUT2D eigenvalue weighted by Crippen LogP contribution is 2.31. The van der Waals surface area contributed by atoms with E-state index in [1.54, 1.807) is 19.9 Å². The van der Waals surface area contributed by atoms with Gasteiger partial charge in [0, 0.05) is 37.2 Å². The molecule has 0 spiro atoms. The zero-order chi connectivity index (χ0) is 16.0. The summed E-state index contributed by atoms with van der Waals surface area (Å²) in [7, 11) is 0. The summed E-state index contributed by atoms with van der Waals surface area (Å²) >= 11 is 0. The van der Waals surface area contributed by atoms with Gasteiger partial charge >= 0.3 is 0 Å². The first-order chi connectivity index (χ1) is 9.75. The van der Waals surface area contributed by atoms with Crippen LogP contribution in [0.15, 0.2) is 18.2 Å². The monoisotopic (exact) mass is 295 g/mol. The lowest BCUT2D eigenvalue weighted by Gasteiger charge is -2.14. The molecular formula is C15H19F2N3O. The van der Waals surface area contributed by atoms with Crippen LogP contribution in [0.1, 0.15) is 31.9 Å². The Labute approximate surface area is 123 Å². The van der Waals surface area contributed by atoms with E-state index in [-0.39, 0.29) is 23.0 Å². The minimum atomic E-state index is -3.05. The highest BCUT2D eigenvalue weighted by molar-refractivity contribution is 5.77. The molecule has 0 atom stereocenters. The molecule has 4 nitrogen and oxygen atoms in total. The quantitative estimate of drug-likeness (QED) is 0.793. The number of nitrogens with one attached hydrogen (secondary N) is 2. The summed E-state index contributed by atoms with van der Waals surface area (Å²) < 4.78 is 26.6. The largest absolute Gasteiger partial charge is 0.383 e. The van der Waals surface area contributed by atoms with E-state index in [0.717, 1.165) is 6.92 Å². The molecule has 0 unspecified atom stereocenters. The fourth-order valence-corrected chi connectivity index (χ4v) is 1.73. The molecule has 0 bridgehead atoms. The van der Waals surface area contributed by atoms with E-state index in [1.165, 1.54) is 18.2 Å². The van der Waals surface area contributed by atoms with E-state index >= 15 is 0 Å². The summed E-state index contributed by atoms with van der Waals surface area (Å²) in [4.78, 5) is 11.3. The fraction of sp³-hybridized carbons (Fsp3) is 0.467. The van der Waals surface area contributed by atoms with Gasteiger partial charge in [-0.25, -0.2) is 8.78 Å². The second-order valence-corrected chi connectivity index (χ2v) is 5.13. The minimum Gasteiger partial charge on any atom is -0.383 e. The molecular weight excluding hydrogens is 276 g/mol. The maximum atomic E-state index is 13.3. The number of alkyl halides is 2. The second kappa shape index (κ2) is 7.02. The maximum absolute atomic E-state index is 13.3. The molecule has 6 heteroatoms. The molecule has 0 aliphatic rings. The third-order valence-corrected chi connectivity index (χ3v) is 2.89. The molecule has 0 saturated carbocycles. The topological polar surface area (TPSA) is 64.9 Å². The molecule has 2 N–H and O–H groups in total. The summed E-state index contributed by atoms with van der Waals surface area (Å²) in [5.41, 5.74) is 0.223. The Morgan fingerprint density at radius 3 is 2.57 bits per heavy atom. The molecule has 0 radical (unpaired) electrons. The Balaban J connectivity index is 2.62. The maximum Gasteiger partial charge on any atom is 0.271 e. The lowest BCUT2D eigenvalue weighted by atomic mass is 10.0. The van der Waals surface area contributed by atoms with Gasteiger partial charge < -0.3 is 10.6 Å². The number of benzene rings is 1. The third-order valence-electron chi connectivity index (χ3n) is 2.89. The zero-order valence-electron chi connectivity index (χ0n) is 12.3. The van der Waals surface area contributed by atoms with Crippen LogP contribution in [0.2, 0.25) is 0 Å². The van der Waals surface area contributed by atoms with Gasteiger partial charge in [0.25, 0.3) is 5.92 Å². The van der Waals surface area contributed by atoms with Gasteiger partial charge in [0.1, 0.15) is 0 Å². The van der Waals surface area contributed by atoms with Crippen LogP contribution in [-0.4, -0.2) is 19.0 Å². The van der Waals surface area contributed by atoms with E-state index < -0.39 is 5.92 Å². The molecule has 1 amide bonds. The number of rotatable bonds is 6. The van der Waals surface area contributed by atoms with E-state index in [0.29, 0.717) is 18.8 Å². The number of nitrogens with zero attached hydrogens (tertiary/aromatic N) is 1. The van der Waals surface area contributed by atoms with E-state index in [9.17, 15) is 13.6 Å². The lowest BCUT2D eigenvalue weighted by Crippen LogP contribution is -2.31. The molecule has 0 aliphatic carbocycles. The van der Waals surface area contributed by atoms with Crippen LogP contribution >= 0.6 is 0 Å². The summed E-state index contributed by atoms with van der Waals surface area (Å²) in [6.07, 6.45) is 0. The third kappa shape index (κ3) is 5.03. The van der Waals surface area contributed by atoms with Gasteiger partial charge in [-0.3, -0.25) is 4.79 Å². The SMILES string of the molecule is CC(C)C(=O)NCCNc1ccc(C(C)(F)F)c(C#N)c1. The van der Waals surface area contributed by atoms with Gasteiger partial charge in [-0.2, -0.15) is 5.26 Å². The Hall–Kier alpha value is -2.16. The van der Waals surface area contributed by atoms with Crippen LogP contribution in [-0.2, 0) is 10.7 Å². The number of anilines is 1. The number of nitriles is 1. The summed E-state index contributed by atoms with van der Waals surface area (Å²) in [5.74, 6) is -3.17. The highest BCUT2D eigenvalue weighted by atomic mass is 19.3. The van der Waals surface area contributed by atoms with Crippen molar-refractivity contribution in [2.75, 3.05) is 18.4 Å². The number of carbonyl (C=O) groups excluding carboxylic acids is 1. The number of halogens is 2. The first-order valence-corrected chi connectivity index (χ1v) is 6.69. The van der Waals surface area contributed by atoms with Crippen LogP contribution < -0.4 is 10.6 Å². The van der Waals surface area contributed by atoms with E-state index in [2.05, 4.69) is 10.6 Å². The van der Waals surface area contributed by atoms with Crippen LogP contribution in [0.25, 0.3) is 0 Å². The van der Waals surface area contributed by atoms with E-state index in [1.807, 2.05) is 0 Å². The normalized spacial score (nSPS) is 11.1. The van der Waals surface area contributed by atoms with Gasteiger partial charge in [-0.15, -0.1) is 0 Å². The standard InChI is InChI=1S/C15H19F2N3O/c1-10(2)14(21)20-7-6-19-12-4-5-13(15(3,16)17)11(8-12)9-18/h4-5,8,10,19H,6-7H2,1-3H3,(H,20,21). The van der Waals surface area contributed by atoms with Crippen molar-refractivity contribution >= 4 is 11.6 Å². The van der Waals surface area contributed by atoms with Gasteiger partial charge in [-0.05, 0) is 18.2 Å². The lowest BCUT2D eigenvalue weighted by molar-refractivity contribution is -0.123. The molecule has 1 rings (SSSR count). The smallest absolute Gasteiger partial charge is 0.271 e. The van der Waals surface area contributed by atoms with Gasteiger partial charge in [0.2, 0.25) is 5.91 Å². The summed E-state index contributed by atoms with van der Waals surface area (Å²) in [5, 5.41) is 14.7. The molecule has 0 saturated heterocycles. The first-order valence-electron chi connectivity index (χ1n) is 6.69. The number of amides is 1. The van der Waals surface area contributed by atoms with Gasteiger partial charge in [-0.1, -0.05) is 13.8 Å². The molecule has 1 aromatic rings. The molecule has 0 aromatic heterocycles. The predicted octanol–water partition coefficient (Wildman–Crippen LogP) is 2.85. The second-order valence-electron chi connectivity index (χ2n) is 5.13. The minimum absolute atomic E-state index is 0.0458. The van der Waals surface area contributed by atoms with Crippen molar-refractivity contribution in [3.05, 3.63) is 29.3 Å². The van der Waals surface area contributed by atoms with Crippen LogP contribution in [0.4, 0.5) is 14.5 Å². The van der Waals surface area contributed by atoms with E-state index in [4.69, 9.17) is 5.26 Å². The van der Waals surface area contributed by atoms with Crippen LogP contribution in [0.3, 0.4) is 0 Å². The van der Waals surface area contributed by atoms with Crippen molar-refractivity contribution in [1.29, 1.82) is 5.26 Å². The van der Waals surface area contributed by atoms with Crippen molar-refractivity contribution < 1.29 is 13.6 Å². The van der Waals surface area contributed by atoms with Gasteiger partial charge in [0.05, 0.1) is 11.6 Å².